The molecule has 0 N–H and O–H groups in total. The van der Waals surface area contributed by atoms with Gasteiger partial charge < -0.3 is 9.47 Å². The number of rotatable bonds is 5. The van der Waals surface area contributed by atoms with Crippen LogP contribution in [0.15, 0.2) is 69.6 Å². The first kappa shape index (κ1) is 22.7. The van der Waals surface area contributed by atoms with Crippen LogP contribution in [0.1, 0.15) is 37.9 Å². The van der Waals surface area contributed by atoms with Crippen molar-refractivity contribution in [3.8, 4) is 5.75 Å². The summed E-state index contributed by atoms with van der Waals surface area (Å²) in [5, 5.41) is 0. The van der Waals surface area contributed by atoms with Crippen LogP contribution < -0.4 is 19.6 Å². The molecule has 0 fully saturated rings. The molecule has 0 radical (unpaired) electrons. The second-order valence-electron chi connectivity index (χ2n) is 7.86. The zero-order chi connectivity index (χ0) is 23.7. The lowest BCUT2D eigenvalue weighted by Gasteiger charge is -2.25. The summed E-state index contributed by atoms with van der Waals surface area (Å²) in [6, 6.07) is 12.4. The molecule has 1 unspecified atom stereocenters. The summed E-state index contributed by atoms with van der Waals surface area (Å²) in [5.41, 5.74) is 1.89. The number of fused-ring (bicyclic) bond motifs is 1. The zero-order valence-corrected chi connectivity index (χ0v) is 19.5. The molecule has 0 saturated carbocycles. The number of esters is 1. The van der Waals surface area contributed by atoms with Gasteiger partial charge in [0.15, 0.2) is 4.80 Å². The van der Waals surface area contributed by atoms with Gasteiger partial charge >= 0.3 is 5.97 Å². The van der Waals surface area contributed by atoms with Gasteiger partial charge in [-0.3, -0.25) is 9.36 Å². The highest BCUT2D eigenvalue weighted by Crippen LogP contribution is 2.32. The number of benzene rings is 2. The van der Waals surface area contributed by atoms with E-state index in [1.165, 1.54) is 28.0 Å². The minimum Gasteiger partial charge on any atom is -0.497 e. The molecule has 1 aliphatic rings. The molecule has 1 aromatic heterocycles. The van der Waals surface area contributed by atoms with Gasteiger partial charge in [0.25, 0.3) is 5.56 Å². The average Bonchev–Trinajstić information content (AvgIpc) is 3.08. The molecular formula is C25H23FN2O4S. The lowest BCUT2D eigenvalue weighted by molar-refractivity contribution is -0.143. The van der Waals surface area contributed by atoms with Gasteiger partial charge in [0, 0.05) is 0 Å². The summed E-state index contributed by atoms with van der Waals surface area (Å²) in [7, 11) is 1.56. The second-order valence-corrected chi connectivity index (χ2v) is 8.87. The van der Waals surface area contributed by atoms with Crippen molar-refractivity contribution in [1.29, 1.82) is 0 Å². The Labute approximate surface area is 193 Å². The number of aromatic nitrogens is 1. The first-order chi connectivity index (χ1) is 15.8. The Hall–Kier alpha value is -3.52. The smallest absolute Gasteiger partial charge is 0.338 e. The van der Waals surface area contributed by atoms with Crippen molar-refractivity contribution >= 4 is 23.4 Å². The van der Waals surface area contributed by atoms with Crippen LogP contribution in [-0.4, -0.2) is 23.8 Å². The van der Waals surface area contributed by atoms with Crippen molar-refractivity contribution in [2.45, 2.75) is 32.9 Å². The van der Waals surface area contributed by atoms with Crippen molar-refractivity contribution in [3.05, 3.63) is 96.4 Å². The van der Waals surface area contributed by atoms with Crippen LogP contribution in [0.3, 0.4) is 0 Å². The molecule has 1 aliphatic heterocycles. The van der Waals surface area contributed by atoms with Crippen LogP contribution in [-0.2, 0) is 9.53 Å². The van der Waals surface area contributed by atoms with Gasteiger partial charge in [0.1, 0.15) is 11.6 Å². The standard InChI is InChI=1S/C25H23FN2O4S/c1-14(2)32-24(30)21-15(3)27-25-28(22(21)17-6-5-7-19(13-17)31-4)23(29)20(33-25)12-16-8-10-18(26)11-9-16/h5-14,22H,1-4H3. The Kier molecular flexibility index (Phi) is 6.29. The fourth-order valence-electron chi connectivity index (χ4n) is 3.70. The lowest BCUT2D eigenvalue weighted by Crippen LogP contribution is -2.40. The van der Waals surface area contributed by atoms with E-state index in [4.69, 9.17) is 9.47 Å². The number of nitrogens with zero attached hydrogens (tertiary/aromatic N) is 2. The lowest BCUT2D eigenvalue weighted by atomic mass is 9.95. The number of methoxy groups -OCH3 is 1. The molecule has 6 nitrogen and oxygen atoms in total. The quantitative estimate of drug-likeness (QED) is 0.541. The van der Waals surface area contributed by atoms with Gasteiger partial charge in [-0.15, -0.1) is 0 Å². The Morgan fingerprint density at radius 1 is 1.21 bits per heavy atom. The number of hydrogen-bond donors (Lipinski definition) is 0. The highest BCUT2D eigenvalue weighted by molar-refractivity contribution is 7.07. The third kappa shape index (κ3) is 4.52. The topological polar surface area (TPSA) is 69.9 Å². The predicted octanol–water partition coefficient (Wildman–Crippen LogP) is 3.33. The fraction of sp³-hybridized carbons (Fsp3) is 0.240. The van der Waals surface area contributed by atoms with Crippen molar-refractivity contribution in [2.75, 3.05) is 7.11 Å². The molecule has 0 bridgehead atoms. The minimum atomic E-state index is -0.724. The Morgan fingerprint density at radius 3 is 2.61 bits per heavy atom. The molecule has 0 spiro atoms. The van der Waals surface area contributed by atoms with Crippen LogP contribution in [0.25, 0.3) is 6.08 Å². The van der Waals surface area contributed by atoms with E-state index in [1.54, 1.807) is 58.2 Å². The third-order valence-electron chi connectivity index (χ3n) is 5.16. The molecule has 0 amide bonds. The SMILES string of the molecule is COc1cccc(C2C(C(=O)OC(C)C)=C(C)N=c3sc(=Cc4ccc(F)cc4)c(=O)n32)c1. The zero-order valence-electron chi connectivity index (χ0n) is 18.7. The van der Waals surface area contributed by atoms with Crippen LogP contribution in [0.4, 0.5) is 4.39 Å². The van der Waals surface area contributed by atoms with E-state index in [0.29, 0.717) is 37.5 Å². The number of carbonyl (C=O) groups is 1. The summed E-state index contributed by atoms with van der Waals surface area (Å²) < 4.78 is 26.1. The van der Waals surface area contributed by atoms with Crippen LogP contribution in [0.2, 0.25) is 0 Å². The van der Waals surface area contributed by atoms with Gasteiger partial charge in [-0.05, 0) is 62.2 Å². The van der Waals surface area contributed by atoms with Crippen molar-refractivity contribution in [1.82, 2.24) is 4.57 Å². The molecule has 4 rings (SSSR count). The van der Waals surface area contributed by atoms with Gasteiger partial charge in [0.2, 0.25) is 0 Å². The Balaban J connectivity index is 1.95. The van der Waals surface area contributed by atoms with Crippen molar-refractivity contribution < 1.29 is 18.7 Å². The molecule has 1 atom stereocenters. The van der Waals surface area contributed by atoms with Gasteiger partial charge in [-0.2, -0.15) is 0 Å². The molecule has 3 aromatic rings. The predicted molar refractivity (Wildman–Crippen MR) is 124 cm³/mol. The first-order valence-electron chi connectivity index (χ1n) is 10.4. The Bertz CT molecular complexity index is 1420. The molecule has 2 aromatic carbocycles. The van der Waals surface area contributed by atoms with E-state index in [9.17, 15) is 14.0 Å². The molecule has 8 heteroatoms. The van der Waals surface area contributed by atoms with Crippen LogP contribution >= 0.6 is 11.3 Å². The molecule has 0 saturated heterocycles. The largest absolute Gasteiger partial charge is 0.497 e. The second kappa shape index (κ2) is 9.15. The highest BCUT2D eigenvalue weighted by Gasteiger charge is 2.34. The van der Waals surface area contributed by atoms with Gasteiger partial charge in [-0.1, -0.05) is 35.6 Å². The summed E-state index contributed by atoms with van der Waals surface area (Å²) in [4.78, 5) is 31.6. The van der Waals surface area contributed by atoms with E-state index in [-0.39, 0.29) is 17.5 Å². The molecule has 170 valence electrons. The summed E-state index contributed by atoms with van der Waals surface area (Å²) in [6.07, 6.45) is 1.36. The maximum absolute atomic E-state index is 13.5. The van der Waals surface area contributed by atoms with Crippen molar-refractivity contribution in [2.24, 2.45) is 4.99 Å². The molecule has 2 heterocycles. The van der Waals surface area contributed by atoms with E-state index in [2.05, 4.69) is 4.99 Å². The highest BCUT2D eigenvalue weighted by atomic mass is 32.1. The summed E-state index contributed by atoms with van der Waals surface area (Å²) in [5.74, 6) is -0.269. The first-order valence-corrected chi connectivity index (χ1v) is 11.2. The number of hydrogen-bond acceptors (Lipinski definition) is 6. The number of allylic oxidation sites excluding steroid dienone is 1. The molecular weight excluding hydrogens is 443 g/mol. The van der Waals surface area contributed by atoms with E-state index >= 15 is 0 Å². The summed E-state index contributed by atoms with van der Waals surface area (Å²) in [6.45, 7) is 5.28. The normalized spacial score (nSPS) is 15.9. The van der Waals surface area contributed by atoms with Crippen LogP contribution in [0, 0.1) is 5.82 Å². The number of carbonyl (C=O) groups excluding carboxylic acids is 1. The minimum absolute atomic E-state index is 0.293. The number of thiazole rings is 1. The van der Waals surface area contributed by atoms with E-state index < -0.39 is 12.0 Å². The Morgan fingerprint density at radius 2 is 1.94 bits per heavy atom. The van der Waals surface area contributed by atoms with Crippen LogP contribution in [0.5, 0.6) is 5.75 Å². The maximum atomic E-state index is 13.5. The number of halogens is 1. The maximum Gasteiger partial charge on any atom is 0.338 e. The molecule has 0 aliphatic carbocycles. The monoisotopic (exact) mass is 466 g/mol. The number of ether oxygens (including phenoxy) is 2. The summed E-state index contributed by atoms with van der Waals surface area (Å²) >= 11 is 1.22. The van der Waals surface area contributed by atoms with E-state index in [0.717, 1.165) is 0 Å². The molecule has 33 heavy (non-hydrogen) atoms. The fourth-order valence-corrected chi connectivity index (χ4v) is 4.74. The van der Waals surface area contributed by atoms with E-state index in [1.807, 2.05) is 12.1 Å². The third-order valence-corrected chi connectivity index (χ3v) is 6.14. The van der Waals surface area contributed by atoms with Crippen molar-refractivity contribution in [3.63, 3.8) is 0 Å². The van der Waals surface area contributed by atoms with Gasteiger partial charge in [-0.25, -0.2) is 14.2 Å². The van der Waals surface area contributed by atoms with Gasteiger partial charge in [0.05, 0.1) is 35.1 Å². The average molecular weight is 467 g/mol.